The van der Waals surface area contributed by atoms with Crippen LogP contribution in [-0.2, 0) is 13.0 Å². The van der Waals surface area contributed by atoms with Gasteiger partial charge in [0.2, 0.25) is 0 Å². The van der Waals surface area contributed by atoms with E-state index in [4.69, 9.17) is 16.1 Å². The molecule has 0 spiro atoms. The number of benzene rings is 1. The van der Waals surface area contributed by atoms with Crippen LogP contribution in [0.4, 0.5) is 0 Å². The molecule has 1 unspecified atom stereocenters. The van der Waals surface area contributed by atoms with Crippen molar-refractivity contribution in [1.82, 2.24) is 4.90 Å². The van der Waals surface area contributed by atoms with Gasteiger partial charge in [-0.25, -0.2) is 0 Å². The van der Waals surface area contributed by atoms with Crippen LogP contribution in [0.1, 0.15) is 83.3 Å². The summed E-state index contributed by atoms with van der Waals surface area (Å²) in [5.41, 5.74) is 9.20. The first-order valence-electron chi connectivity index (χ1n) is 11.7. The van der Waals surface area contributed by atoms with E-state index in [1.54, 1.807) is 0 Å². The zero-order valence-electron chi connectivity index (χ0n) is 19.5. The third kappa shape index (κ3) is 10.0. The molecule has 3 N–H and O–H groups in total. The van der Waals surface area contributed by atoms with Crippen LogP contribution < -0.4 is 5.73 Å². The molecule has 0 amide bonds. The van der Waals surface area contributed by atoms with Gasteiger partial charge in [-0.05, 0) is 44.5 Å². The second kappa shape index (κ2) is 15.6. The number of aliphatic imine (C=N–C) groups is 2. The van der Waals surface area contributed by atoms with Crippen molar-refractivity contribution in [2.45, 2.75) is 91.1 Å². The summed E-state index contributed by atoms with van der Waals surface area (Å²) in [6.45, 7) is 11.6. The minimum Gasteiger partial charge on any atom is -0.370 e. The number of hydrogen-bond acceptors (Lipinski definition) is 3. The molecule has 0 aromatic heterocycles. The lowest BCUT2D eigenvalue weighted by atomic mass is 10.0. The molecule has 0 saturated carbocycles. The molecule has 5 nitrogen and oxygen atoms in total. The first-order chi connectivity index (χ1) is 14.5. The zero-order chi connectivity index (χ0) is 22.2. The third-order valence-corrected chi connectivity index (χ3v) is 5.68. The van der Waals surface area contributed by atoms with Crippen LogP contribution in [0, 0.1) is 5.41 Å². The first-order valence-corrected chi connectivity index (χ1v) is 11.7. The number of guanidine groups is 1. The fourth-order valence-electron chi connectivity index (χ4n) is 3.73. The molecule has 0 aliphatic heterocycles. The van der Waals surface area contributed by atoms with Gasteiger partial charge >= 0.3 is 0 Å². The highest BCUT2D eigenvalue weighted by Gasteiger charge is 2.18. The predicted molar refractivity (Wildman–Crippen MR) is 132 cm³/mol. The van der Waals surface area contributed by atoms with E-state index >= 15 is 0 Å². The maximum absolute atomic E-state index is 7.75. The molecule has 0 radical (unpaired) electrons. The predicted octanol–water partition coefficient (Wildman–Crippen LogP) is 5.62. The molecule has 0 heterocycles. The average molecular weight is 414 g/mol. The van der Waals surface area contributed by atoms with E-state index in [1.165, 1.54) is 62.5 Å². The quantitative estimate of drug-likeness (QED) is 0.210. The monoisotopic (exact) mass is 413 g/mol. The van der Waals surface area contributed by atoms with Gasteiger partial charge in [0, 0.05) is 6.54 Å². The Morgan fingerprint density at radius 3 is 2.10 bits per heavy atom. The number of hydrogen-bond donors (Lipinski definition) is 2. The van der Waals surface area contributed by atoms with E-state index in [0.29, 0.717) is 19.6 Å². The summed E-state index contributed by atoms with van der Waals surface area (Å²) in [4.78, 5) is 10.6. The van der Waals surface area contributed by atoms with Crippen molar-refractivity contribution in [2.75, 3.05) is 13.1 Å². The molecule has 30 heavy (non-hydrogen) atoms. The van der Waals surface area contributed by atoms with Crippen molar-refractivity contribution < 1.29 is 0 Å². The highest BCUT2D eigenvalue weighted by Crippen LogP contribution is 2.13. The highest BCUT2D eigenvalue weighted by atomic mass is 15.3. The Hall–Kier alpha value is -2.17. The standard InChI is InChI=1S/C25H43N5/c1-5-7-8-9-10-11-12-13-14-22-15-17-23(18-16-22)19-29-24(20-28-4)21(3)30(6-2)25(26)27/h15-18,21H,4-14,19-20H2,1-3H3,(H3,26,27). The van der Waals surface area contributed by atoms with E-state index in [0.717, 1.165) is 12.1 Å². The number of nitrogens with zero attached hydrogens (tertiary/aromatic N) is 3. The Balaban J connectivity index is 2.49. The lowest BCUT2D eigenvalue weighted by Gasteiger charge is -2.28. The molecule has 168 valence electrons. The van der Waals surface area contributed by atoms with Gasteiger partial charge in [-0.2, -0.15) is 0 Å². The smallest absolute Gasteiger partial charge is 0.188 e. The minimum atomic E-state index is -0.0563. The molecule has 0 aliphatic rings. The number of nitrogens with one attached hydrogen (secondary N) is 1. The maximum atomic E-state index is 7.75. The molecule has 1 aromatic rings. The largest absolute Gasteiger partial charge is 0.370 e. The van der Waals surface area contributed by atoms with Gasteiger partial charge in [-0.3, -0.25) is 15.4 Å². The van der Waals surface area contributed by atoms with Gasteiger partial charge in [0.15, 0.2) is 5.96 Å². The molecule has 1 atom stereocenters. The summed E-state index contributed by atoms with van der Waals surface area (Å²) >= 11 is 0. The summed E-state index contributed by atoms with van der Waals surface area (Å²) in [6, 6.07) is 8.76. The van der Waals surface area contributed by atoms with E-state index in [9.17, 15) is 0 Å². The van der Waals surface area contributed by atoms with Gasteiger partial charge in [-0.15, -0.1) is 0 Å². The molecule has 0 aliphatic carbocycles. The average Bonchev–Trinajstić information content (AvgIpc) is 2.74. The fourth-order valence-corrected chi connectivity index (χ4v) is 3.73. The van der Waals surface area contributed by atoms with Crippen LogP contribution in [-0.4, -0.2) is 42.4 Å². The van der Waals surface area contributed by atoms with E-state index < -0.39 is 0 Å². The van der Waals surface area contributed by atoms with Crippen molar-refractivity contribution in [1.29, 1.82) is 5.41 Å². The van der Waals surface area contributed by atoms with E-state index in [-0.39, 0.29) is 12.0 Å². The Labute approximate surface area is 184 Å². The molecular formula is C25H43N5. The summed E-state index contributed by atoms with van der Waals surface area (Å²) in [6.07, 6.45) is 12.0. The summed E-state index contributed by atoms with van der Waals surface area (Å²) in [7, 11) is 0. The molecule has 5 heteroatoms. The maximum Gasteiger partial charge on any atom is 0.188 e. The highest BCUT2D eigenvalue weighted by molar-refractivity contribution is 5.94. The SMILES string of the molecule is C=NCC(=NCc1ccc(CCCCCCCCCC)cc1)C(C)N(CC)C(=N)N. The normalized spacial score (nSPS) is 12.6. The van der Waals surface area contributed by atoms with Gasteiger partial charge < -0.3 is 10.6 Å². The topological polar surface area (TPSA) is 77.8 Å². The minimum absolute atomic E-state index is 0.0563. The number of unbranched alkanes of at least 4 members (excludes halogenated alkanes) is 7. The van der Waals surface area contributed by atoms with Crippen LogP contribution in [0.2, 0.25) is 0 Å². The Bertz CT molecular complexity index is 635. The fraction of sp³-hybridized carbons (Fsp3) is 0.640. The number of aryl methyl sites for hydroxylation is 1. The molecule has 0 fully saturated rings. The Morgan fingerprint density at radius 2 is 1.57 bits per heavy atom. The van der Waals surface area contributed by atoms with Crippen molar-refractivity contribution in [3.8, 4) is 0 Å². The second-order valence-electron chi connectivity index (χ2n) is 8.08. The molecule has 1 rings (SSSR count). The van der Waals surface area contributed by atoms with Crippen LogP contribution in [0.5, 0.6) is 0 Å². The third-order valence-electron chi connectivity index (χ3n) is 5.68. The van der Waals surface area contributed by atoms with E-state index in [2.05, 4.69) is 42.9 Å². The Kier molecular flexibility index (Phi) is 13.5. The van der Waals surface area contributed by atoms with E-state index in [1.807, 2.05) is 18.7 Å². The first kappa shape index (κ1) is 25.9. The van der Waals surface area contributed by atoms with Gasteiger partial charge in [-0.1, -0.05) is 76.1 Å². The van der Waals surface area contributed by atoms with Crippen molar-refractivity contribution in [2.24, 2.45) is 15.7 Å². The van der Waals surface area contributed by atoms with Crippen molar-refractivity contribution in [3.63, 3.8) is 0 Å². The summed E-state index contributed by atoms with van der Waals surface area (Å²) in [5, 5.41) is 7.75. The van der Waals surface area contributed by atoms with Gasteiger partial charge in [0.1, 0.15) is 0 Å². The van der Waals surface area contributed by atoms with Crippen LogP contribution in [0.3, 0.4) is 0 Å². The van der Waals surface area contributed by atoms with Gasteiger partial charge in [0.05, 0.1) is 24.8 Å². The molecule has 1 aromatic carbocycles. The molecular weight excluding hydrogens is 370 g/mol. The lowest BCUT2D eigenvalue weighted by molar-refractivity contribution is 0.404. The summed E-state index contributed by atoms with van der Waals surface area (Å²) < 4.78 is 0. The van der Waals surface area contributed by atoms with Crippen molar-refractivity contribution >= 4 is 18.4 Å². The van der Waals surface area contributed by atoms with Crippen molar-refractivity contribution in [3.05, 3.63) is 35.4 Å². The number of rotatable bonds is 16. The molecule has 0 bridgehead atoms. The van der Waals surface area contributed by atoms with Crippen LogP contribution >= 0.6 is 0 Å². The Morgan fingerprint density at radius 1 is 1.00 bits per heavy atom. The number of nitrogens with two attached hydrogens (primary N) is 1. The second-order valence-corrected chi connectivity index (χ2v) is 8.08. The lowest BCUT2D eigenvalue weighted by Crippen LogP contribution is -2.47. The molecule has 0 saturated heterocycles. The zero-order valence-corrected chi connectivity index (χ0v) is 19.5. The van der Waals surface area contributed by atoms with Crippen LogP contribution in [0.15, 0.2) is 34.3 Å². The summed E-state index contributed by atoms with van der Waals surface area (Å²) in [5.74, 6) is 0.0621. The van der Waals surface area contributed by atoms with Gasteiger partial charge in [0.25, 0.3) is 0 Å². The van der Waals surface area contributed by atoms with Crippen LogP contribution in [0.25, 0.3) is 0 Å².